The minimum atomic E-state index is -0.574. The van der Waals surface area contributed by atoms with Crippen LogP contribution in [-0.4, -0.2) is 24.0 Å². The van der Waals surface area contributed by atoms with Crippen molar-refractivity contribution in [3.8, 4) is 0 Å². The lowest BCUT2D eigenvalue weighted by Crippen LogP contribution is -2.19. The highest BCUT2D eigenvalue weighted by atomic mass is 19.1. The third-order valence-electron chi connectivity index (χ3n) is 3.67. The van der Waals surface area contributed by atoms with Gasteiger partial charge in [0.1, 0.15) is 17.7 Å². The fraction of sp³-hybridized carbons (Fsp3) is 0.200. The van der Waals surface area contributed by atoms with Gasteiger partial charge in [0.25, 0.3) is 0 Å². The normalized spacial score (nSPS) is 12.1. The number of nitrogens with one attached hydrogen (secondary N) is 1. The molecule has 2 heterocycles. The van der Waals surface area contributed by atoms with Crippen LogP contribution < -0.4 is 5.32 Å². The highest BCUT2D eigenvalue weighted by Crippen LogP contribution is 2.30. The van der Waals surface area contributed by atoms with Crippen LogP contribution in [0.25, 0.3) is 0 Å². The number of halogens is 1. The average Bonchev–Trinajstić information content (AvgIpc) is 3.11. The Bertz CT molecular complexity index is 888. The lowest BCUT2D eigenvalue weighted by atomic mass is 10.1. The molecular formula is C15H15FN6O2. The Morgan fingerprint density at radius 1 is 1.29 bits per heavy atom. The van der Waals surface area contributed by atoms with Crippen LogP contribution >= 0.6 is 0 Å². The zero-order valence-electron chi connectivity index (χ0n) is 13.0. The Labute approximate surface area is 136 Å². The van der Waals surface area contributed by atoms with Gasteiger partial charge < -0.3 is 20.0 Å². The van der Waals surface area contributed by atoms with Crippen molar-refractivity contribution in [1.82, 2.24) is 19.1 Å². The highest BCUT2D eigenvalue weighted by molar-refractivity contribution is 5.54. The molecule has 0 spiro atoms. The van der Waals surface area contributed by atoms with Gasteiger partial charge in [-0.15, -0.1) is 0 Å². The predicted octanol–water partition coefficient (Wildman–Crippen LogP) is 2.40. The number of benzene rings is 1. The molecule has 0 amide bonds. The largest absolute Gasteiger partial charge is 0.406 e. The van der Waals surface area contributed by atoms with Gasteiger partial charge in [0.2, 0.25) is 12.1 Å². The number of aromatic nitrogens is 4. The molecule has 0 fully saturated rings. The number of hydrogen-bond donors (Lipinski definition) is 1. The Morgan fingerprint density at radius 3 is 2.71 bits per heavy atom. The SMILES string of the molecule is Cn1ccnc1C(Nc1c([N+](=O)[O-])ncn1C)c1cccc(F)c1. The van der Waals surface area contributed by atoms with E-state index in [9.17, 15) is 14.5 Å². The van der Waals surface area contributed by atoms with Crippen molar-refractivity contribution in [3.05, 3.63) is 70.3 Å². The number of imidazole rings is 2. The second-order valence-electron chi connectivity index (χ2n) is 5.31. The molecule has 9 heteroatoms. The number of nitro groups is 1. The standard InChI is InChI=1S/C15H15FN6O2/c1-20-7-6-17-13(20)12(10-4-3-5-11(16)8-10)19-15-14(22(23)24)18-9-21(15)2/h3-9,12,19H,1-2H3. The Balaban J connectivity index is 2.08. The van der Waals surface area contributed by atoms with Crippen LogP contribution in [0.1, 0.15) is 17.4 Å². The van der Waals surface area contributed by atoms with Crippen LogP contribution in [0.5, 0.6) is 0 Å². The van der Waals surface area contributed by atoms with E-state index in [4.69, 9.17) is 0 Å². The van der Waals surface area contributed by atoms with Gasteiger partial charge in [-0.05, 0) is 27.6 Å². The van der Waals surface area contributed by atoms with Crippen molar-refractivity contribution >= 4 is 11.6 Å². The Hall–Kier alpha value is -3.23. The van der Waals surface area contributed by atoms with E-state index >= 15 is 0 Å². The zero-order valence-corrected chi connectivity index (χ0v) is 13.0. The van der Waals surface area contributed by atoms with Gasteiger partial charge >= 0.3 is 5.82 Å². The fourth-order valence-corrected chi connectivity index (χ4v) is 2.49. The van der Waals surface area contributed by atoms with Crippen LogP contribution in [0, 0.1) is 15.9 Å². The Morgan fingerprint density at radius 2 is 2.08 bits per heavy atom. The summed E-state index contributed by atoms with van der Waals surface area (Å²) < 4.78 is 16.9. The smallest absolute Gasteiger partial charge is 0.358 e. The molecule has 8 nitrogen and oxygen atoms in total. The molecular weight excluding hydrogens is 315 g/mol. The first-order valence-corrected chi connectivity index (χ1v) is 7.12. The number of hydrogen-bond acceptors (Lipinski definition) is 5. The van der Waals surface area contributed by atoms with E-state index in [1.807, 2.05) is 0 Å². The van der Waals surface area contributed by atoms with E-state index in [-0.39, 0.29) is 11.6 Å². The maximum absolute atomic E-state index is 13.7. The van der Waals surface area contributed by atoms with Crippen molar-refractivity contribution in [1.29, 1.82) is 0 Å². The minimum Gasteiger partial charge on any atom is -0.358 e. The Kier molecular flexibility index (Phi) is 3.98. The molecule has 1 N–H and O–H groups in total. The van der Waals surface area contributed by atoms with Crippen LogP contribution in [-0.2, 0) is 14.1 Å². The molecule has 1 atom stereocenters. The van der Waals surface area contributed by atoms with E-state index in [2.05, 4.69) is 15.3 Å². The van der Waals surface area contributed by atoms with Crippen molar-refractivity contribution in [2.24, 2.45) is 14.1 Å². The average molecular weight is 330 g/mol. The first-order valence-electron chi connectivity index (χ1n) is 7.12. The first-order chi connectivity index (χ1) is 11.5. The summed E-state index contributed by atoms with van der Waals surface area (Å²) in [6.07, 6.45) is 4.71. The summed E-state index contributed by atoms with van der Waals surface area (Å²) in [6.45, 7) is 0. The molecule has 124 valence electrons. The number of aryl methyl sites for hydroxylation is 2. The van der Waals surface area contributed by atoms with Crippen LogP contribution in [0.3, 0.4) is 0 Å². The van der Waals surface area contributed by atoms with Gasteiger partial charge in [0.05, 0.1) is 0 Å². The lowest BCUT2D eigenvalue weighted by Gasteiger charge is -2.20. The molecule has 0 aliphatic rings. The summed E-state index contributed by atoms with van der Waals surface area (Å²) in [7, 11) is 3.44. The molecule has 0 radical (unpaired) electrons. The summed E-state index contributed by atoms with van der Waals surface area (Å²) in [5.74, 6) is 0.120. The molecule has 1 aromatic carbocycles. The topological polar surface area (TPSA) is 90.8 Å². The summed E-state index contributed by atoms with van der Waals surface area (Å²) in [4.78, 5) is 18.7. The second kappa shape index (κ2) is 6.11. The maximum atomic E-state index is 13.7. The molecule has 0 aliphatic carbocycles. The van der Waals surface area contributed by atoms with E-state index < -0.39 is 16.8 Å². The fourth-order valence-electron chi connectivity index (χ4n) is 2.49. The van der Waals surface area contributed by atoms with Crippen molar-refractivity contribution in [2.45, 2.75) is 6.04 Å². The zero-order chi connectivity index (χ0) is 17.3. The lowest BCUT2D eigenvalue weighted by molar-refractivity contribution is -0.388. The second-order valence-corrected chi connectivity index (χ2v) is 5.31. The molecule has 1 unspecified atom stereocenters. The van der Waals surface area contributed by atoms with Gasteiger partial charge in [0, 0.05) is 26.5 Å². The van der Waals surface area contributed by atoms with Crippen LogP contribution in [0.2, 0.25) is 0 Å². The first kappa shape index (κ1) is 15.7. The van der Waals surface area contributed by atoms with Gasteiger partial charge in [-0.1, -0.05) is 12.1 Å². The van der Waals surface area contributed by atoms with E-state index in [0.29, 0.717) is 11.4 Å². The van der Waals surface area contributed by atoms with E-state index in [1.54, 1.807) is 43.2 Å². The van der Waals surface area contributed by atoms with Gasteiger partial charge in [-0.3, -0.25) is 4.57 Å². The summed E-state index contributed by atoms with van der Waals surface area (Å²) in [6, 6.07) is 5.45. The van der Waals surface area contributed by atoms with Gasteiger partial charge in [-0.25, -0.2) is 9.37 Å². The van der Waals surface area contributed by atoms with Gasteiger partial charge in [-0.2, -0.15) is 0 Å². The summed E-state index contributed by atoms with van der Waals surface area (Å²) in [5, 5.41) is 14.2. The molecule has 3 aromatic rings. The third-order valence-corrected chi connectivity index (χ3v) is 3.67. The molecule has 0 bridgehead atoms. The molecule has 24 heavy (non-hydrogen) atoms. The summed E-state index contributed by atoms with van der Waals surface area (Å²) in [5.41, 5.74) is 0.597. The molecule has 0 saturated carbocycles. The highest BCUT2D eigenvalue weighted by Gasteiger charge is 2.26. The van der Waals surface area contributed by atoms with Crippen LogP contribution in [0.15, 0.2) is 43.0 Å². The molecule has 2 aromatic heterocycles. The quantitative estimate of drug-likeness (QED) is 0.573. The summed E-state index contributed by atoms with van der Waals surface area (Å²) >= 11 is 0. The maximum Gasteiger partial charge on any atom is 0.406 e. The minimum absolute atomic E-state index is 0.220. The van der Waals surface area contributed by atoms with Gasteiger partial charge in [0.15, 0.2) is 0 Å². The number of nitrogens with zero attached hydrogens (tertiary/aromatic N) is 5. The molecule has 0 aliphatic heterocycles. The molecule has 3 rings (SSSR count). The predicted molar refractivity (Wildman–Crippen MR) is 84.9 cm³/mol. The molecule has 0 saturated heterocycles. The van der Waals surface area contributed by atoms with Crippen molar-refractivity contribution in [3.63, 3.8) is 0 Å². The van der Waals surface area contributed by atoms with Crippen LogP contribution in [0.4, 0.5) is 16.0 Å². The number of rotatable bonds is 5. The van der Waals surface area contributed by atoms with Crippen molar-refractivity contribution < 1.29 is 9.31 Å². The monoisotopic (exact) mass is 330 g/mol. The number of anilines is 1. The third kappa shape index (κ3) is 2.83. The van der Waals surface area contributed by atoms with E-state index in [1.165, 1.54) is 23.0 Å². The van der Waals surface area contributed by atoms with Crippen molar-refractivity contribution in [2.75, 3.05) is 5.32 Å². The van der Waals surface area contributed by atoms with E-state index in [0.717, 1.165) is 0 Å².